The van der Waals surface area contributed by atoms with Crippen LogP contribution in [0.5, 0.6) is 0 Å². The molecule has 0 unspecified atom stereocenters. The molecule has 1 saturated carbocycles. The van der Waals surface area contributed by atoms with Gasteiger partial charge in [-0.1, -0.05) is 0 Å². The van der Waals surface area contributed by atoms with E-state index < -0.39 is 19.7 Å². The van der Waals surface area contributed by atoms with Gasteiger partial charge in [0.2, 0.25) is 0 Å². The molecule has 2 aliphatic rings. The van der Waals surface area contributed by atoms with E-state index in [-0.39, 0.29) is 12.1 Å². The van der Waals surface area contributed by atoms with Crippen LogP contribution >= 0.6 is 0 Å². The van der Waals surface area contributed by atoms with E-state index >= 15 is 0 Å². The van der Waals surface area contributed by atoms with Crippen molar-refractivity contribution in [3.63, 3.8) is 0 Å². The summed E-state index contributed by atoms with van der Waals surface area (Å²) in [7, 11) is 0. The first-order valence-electron chi connectivity index (χ1n) is 6.43. The first-order valence-corrected chi connectivity index (χ1v) is 11.0. The Kier molecular flexibility index (Phi) is 3.13. The summed E-state index contributed by atoms with van der Waals surface area (Å²) < 4.78 is 13.9. The molecule has 1 aromatic rings. The number of hydrogen-bond donors (Lipinski definition) is 2. The molecule has 18 heavy (non-hydrogen) atoms. The summed E-state index contributed by atoms with van der Waals surface area (Å²) in [5, 5.41) is 12.9. The summed E-state index contributed by atoms with van der Waals surface area (Å²) in [5.74, 6) is 1.47. The topological polar surface area (TPSA) is 75.1 Å². The van der Waals surface area contributed by atoms with Gasteiger partial charge in [0.05, 0.1) is 0 Å². The number of anilines is 1. The van der Waals surface area contributed by atoms with Gasteiger partial charge in [0, 0.05) is 0 Å². The van der Waals surface area contributed by atoms with Crippen LogP contribution in [-0.4, -0.2) is 47.0 Å². The molecule has 0 radical (unpaired) electrons. The molecule has 6 heteroatoms. The molecule has 1 aliphatic heterocycles. The molecule has 2 heterocycles. The quantitative estimate of drug-likeness (QED) is 0.764. The Morgan fingerprint density at radius 2 is 2.22 bits per heavy atom. The Morgan fingerprint density at radius 1 is 1.44 bits per heavy atom. The monoisotopic (exact) mass is 355 g/mol. The molecule has 1 fully saturated rings. The van der Waals surface area contributed by atoms with E-state index in [1.165, 1.54) is 0 Å². The molecule has 1 aromatic heterocycles. The standard InChI is InChI=1S/C12H17N3O.O.Sn/c1-3-10-7-11(14-9(2)13-10)15-12(8-16)5-4-6-12;;/h16H,1,3-6,8H2,2H3,(H,13,14,15);;. The normalized spacial score (nSPS) is 20.4. The van der Waals surface area contributed by atoms with Gasteiger partial charge in [-0.15, -0.1) is 0 Å². The van der Waals surface area contributed by atoms with Gasteiger partial charge < -0.3 is 0 Å². The van der Waals surface area contributed by atoms with E-state index in [0.717, 1.165) is 51.0 Å². The van der Waals surface area contributed by atoms with E-state index in [2.05, 4.69) is 15.3 Å². The second-order valence-electron chi connectivity index (χ2n) is 5.28. The van der Waals surface area contributed by atoms with Crippen LogP contribution in [-0.2, 0) is 9.50 Å². The van der Waals surface area contributed by atoms with Crippen molar-refractivity contribution in [2.75, 3.05) is 11.9 Å². The average Bonchev–Trinajstić information content (AvgIpc) is 2.65. The first-order chi connectivity index (χ1) is 8.63. The summed E-state index contributed by atoms with van der Waals surface area (Å²) in [6.07, 6.45) is 3.87. The number of hydrogen-bond acceptors (Lipinski definition) is 5. The van der Waals surface area contributed by atoms with Crippen LogP contribution in [0.15, 0.2) is 0 Å². The number of rotatable bonds is 3. The zero-order chi connectivity index (χ0) is 12.8. The van der Waals surface area contributed by atoms with Crippen molar-refractivity contribution in [2.24, 2.45) is 0 Å². The van der Waals surface area contributed by atoms with E-state index in [4.69, 9.17) is 0 Å². The number of aromatic nitrogens is 2. The number of aryl methyl sites for hydroxylation is 2. The van der Waals surface area contributed by atoms with Gasteiger partial charge in [-0.2, -0.15) is 0 Å². The van der Waals surface area contributed by atoms with Crippen molar-refractivity contribution in [3.05, 3.63) is 11.5 Å². The van der Waals surface area contributed by atoms with Crippen molar-refractivity contribution in [2.45, 2.75) is 42.6 Å². The number of nitrogens with one attached hydrogen (secondary N) is 1. The molecule has 1 aliphatic carbocycles. The maximum atomic E-state index is 12.2. The van der Waals surface area contributed by atoms with Crippen LogP contribution in [0, 0.1) is 6.92 Å². The van der Waals surface area contributed by atoms with Crippen LogP contribution in [0.4, 0.5) is 5.82 Å². The third-order valence-electron chi connectivity index (χ3n) is 3.96. The molecule has 5 nitrogen and oxygen atoms in total. The summed E-state index contributed by atoms with van der Waals surface area (Å²) in [6, 6.07) is 0. The van der Waals surface area contributed by atoms with E-state index in [9.17, 15) is 8.18 Å². The minimum absolute atomic E-state index is 0.113. The summed E-state index contributed by atoms with van der Waals surface area (Å²) in [5.41, 5.74) is 0.738. The molecule has 0 atom stereocenters. The Labute approximate surface area is 113 Å². The fourth-order valence-corrected chi connectivity index (χ4v) is 7.29. The fraction of sp³-hybridized carbons (Fsp3) is 0.667. The Morgan fingerprint density at radius 3 is 2.83 bits per heavy atom. The molecule has 0 aromatic carbocycles. The SMILES string of the molecule is Cc1nc2[c](c(NC3(CO)CCC3)n1)[Sn](=[O])[CH2]C2. The minimum atomic E-state index is -2.69. The zero-order valence-corrected chi connectivity index (χ0v) is 13.3. The maximum absolute atomic E-state index is 12.2. The third kappa shape index (κ3) is 1.97. The van der Waals surface area contributed by atoms with Crippen molar-refractivity contribution in [1.82, 2.24) is 9.97 Å². The molecule has 96 valence electrons. The average molecular weight is 354 g/mol. The first kappa shape index (κ1) is 12.5. The zero-order valence-electron chi connectivity index (χ0n) is 10.5. The number of aliphatic hydroxyl groups excluding tert-OH is 1. The molecule has 2 N–H and O–H groups in total. The third-order valence-corrected chi connectivity index (χ3v) is 9.06. The molecule has 3 rings (SSSR count). The molecule has 0 amide bonds. The van der Waals surface area contributed by atoms with Crippen LogP contribution in [0.25, 0.3) is 0 Å². The number of fused-ring (bicyclic) bond motifs is 1. The van der Waals surface area contributed by atoms with E-state index in [1.807, 2.05) is 6.92 Å². The Bertz CT molecular complexity index is 509. The second-order valence-corrected chi connectivity index (χ2v) is 10.6. The Hall–Kier alpha value is -0.561. The van der Waals surface area contributed by atoms with E-state index in [1.54, 1.807) is 0 Å². The predicted octanol–water partition coefficient (Wildman–Crippen LogP) is 0.297. The fourth-order valence-electron chi connectivity index (χ4n) is 2.73. The molecule has 0 spiro atoms. The summed E-state index contributed by atoms with van der Waals surface area (Å²) in [4.78, 5) is 8.83. The number of aliphatic hydroxyl groups is 1. The van der Waals surface area contributed by atoms with Crippen LogP contribution < -0.4 is 8.90 Å². The molecule has 0 bridgehead atoms. The van der Waals surface area contributed by atoms with E-state index in [0.29, 0.717) is 0 Å². The van der Waals surface area contributed by atoms with Crippen LogP contribution in [0.1, 0.15) is 30.8 Å². The van der Waals surface area contributed by atoms with Gasteiger partial charge in [0.25, 0.3) is 0 Å². The van der Waals surface area contributed by atoms with Crippen molar-refractivity contribution >= 4 is 29.1 Å². The van der Waals surface area contributed by atoms with Gasteiger partial charge in [-0.3, -0.25) is 0 Å². The van der Waals surface area contributed by atoms with Gasteiger partial charge in [-0.05, 0) is 0 Å². The van der Waals surface area contributed by atoms with Crippen molar-refractivity contribution in [3.8, 4) is 0 Å². The van der Waals surface area contributed by atoms with Crippen molar-refractivity contribution in [1.29, 1.82) is 0 Å². The van der Waals surface area contributed by atoms with Crippen molar-refractivity contribution < 1.29 is 8.18 Å². The van der Waals surface area contributed by atoms with Gasteiger partial charge >= 0.3 is 113 Å². The van der Waals surface area contributed by atoms with Crippen LogP contribution in [0.3, 0.4) is 0 Å². The molecular weight excluding hydrogens is 337 g/mol. The predicted molar refractivity (Wildman–Crippen MR) is 68.6 cm³/mol. The van der Waals surface area contributed by atoms with Gasteiger partial charge in [0.1, 0.15) is 0 Å². The molecule has 0 saturated heterocycles. The van der Waals surface area contributed by atoms with Crippen LogP contribution in [0.2, 0.25) is 4.44 Å². The Balaban J connectivity index is 1.99. The number of nitrogens with zero attached hydrogens (tertiary/aromatic N) is 2. The summed E-state index contributed by atoms with van der Waals surface area (Å²) in [6.45, 7) is 1.98. The van der Waals surface area contributed by atoms with Gasteiger partial charge in [0.15, 0.2) is 0 Å². The van der Waals surface area contributed by atoms with Gasteiger partial charge in [-0.25, -0.2) is 0 Å². The summed E-state index contributed by atoms with van der Waals surface area (Å²) >= 11 is -2.69. The molecular formula is C12H17N3O2Sn. The second kappa shape index (κ2) is 4.52.